The lowest BCUT2D eigenvalue weighted by molar-refractivity contribution is 0.219. The number of nitrogens with zero attached hydrogens (tertiary/aromatic N) is 4. The number of hydrogen-bond donors (Lipinski definition) is 0. The molecular weight excluding hydrogens is 392 g/mol. The summed E-state index contributed by atoms with van der Waals surface area (Å²) < 4.78 is 0. The van der Waals surface area contributed by atoms with E-state index in [0.717, 1.165) is 17.2 Å². The van der Waals surface area contributed by atoms with E-state index in [0.29, 0.717) is 0 Å². The lowest BCUT2D eigenvalue weighted by atomic mass is 9.50. The van der Waals surface area contributed by atoms with Gasteiger partial charge < -0.3 is 0 Å². The number of aryl methyl sites for hydroxylation is 1. The van der Waals surface area contributed by atoms with Gasteiger partial charge in [-0.3, -0.25) is 0 Å². The van der Waals surface area contributed by atoms with Crippen LogP contribution in [0.3, 0.4) is 0 Å². The van der Waals surface area contributed by atoms with Gasteiger partial charge in [0, 0.05) is 47.5 Å². The molecule has 2 atom stereocenters. The number of rotatable bonds is 4. The third kappa shape index (κ3) is 3.37. The molecule has 0 bridgehead atoms. The van der Waals surface area contributed by atoms with Gasteiger partial charge in [0.1, 0.15) is 5.82 Å². The summed E-state index contributed by atoms with van der Waals surface area (Å²) in [5.41, 5.74) is 4.61. The summed E-state index contributed by atoms with van der Waals surface area (Å²) in [6.45, 7) is 1.94. The van der Waals surface area contributed by atoms with Crippen LogP contribution in [0.25, 0.3) is 0 Å². The Balaban J connectivity index is 1.69. The topological polar surface area (TPSA) is 51.6 Å². The van der Waals surface area contributed by atoms with E-state index in [9.17, 15) is 0 Å². The highest BCUT2D eigenvalue weighted by Gasteiger charge is 2.54. The van der Waals surface area contributed by atoms with Gasteiger partial charge in [0.2, 0.25) is 5.28 Å². The zero-order valence-corrected chi connectivity index (χ0v) is 17.3. The number of aromatic nitrogens is 4. The maximum absolute atomic E-state index is 6.19. The second kappa shape index (κ2) is 7.96. The van der Waals surface area contributed by atoms with E-state index >= 15 is 0 Å². The number of halogens is 1. The van der Waals surface area contributed by atoms with Gasteiger partial charge >= 0.3 is 0 Å². The van der Waals surface area contributed by atoms with Crippen molar-refractivity contribution in [1.29, 1.82) is 0 Å². The Morgan fingerprint density at radius 1 is 0.600 bits per heavy atom. The third-order valence-electron chi connectivity index (χ3n) is 6.04. The Morgan fingerprint density at radius 2 is 1.10 bits per heavy atom. The molecule has 4 aromatic rings. The van der Waals surface area contributed by atoms with E-state index in [4.69, 9.17) is 16.6 Å². The Morgan fingerprint density at radius 3 is 1.60 bits per heavy atom. The summed E-state index contributed by atoms with van der Waals surface area (Å²) >= 11 is 6.19. The predicted octanol–water partition coefficient (Wildman–Crippen LogP) is 5.68. The molecule has 148 valence electrons. The van der Waals surface area contributed by atoms with E-state index in [1.54, 1.807) is 6.20 Å². The van der Waals surface area contributed by atoms with Crippen LogP contribution in [0, 0.1) is 6.92 Å². The molecule has 2 heterocycles. The van der Waals surface area contributed by atoms with E-state index in [-0.39, 0.29) is 29.0 Å². The fraction of sp³-hybridized carbons (Fsp3) is 0.200. The van der Waals surface area contributed by atoms with Gasteiger partial charge in [-0.25, -0.2) is 19.9 Å². The first-order valence-electron chi connectivity index (χ1n) is 10.1. The average molecular weight is 413 g/mol. The molecule has 1 saturated carbocycles. The normalized spacial score (nSPS) is 23.0. The minimum atomic E-state index is 0.176. The molecule has 0 spiro atoms. The first-order valence-corrected chi connectivity index (χ1v) is 10.5. The molecule has 30 heavy (non-hydrogen) atoms. The lowest BCUT2D eigenvalue weighted by Gasteiger charge is -2.52. The predicted molar refractivity (Wildman–Crippen MR) is 118 cm³/mol. The van der Waals surface area contributed by atoms with E-state index in [2.05, 4.69) is 75.6 Å². The van der Waals surface area contributed by atoms with Gasteiger partial charge in [-0.2, -0.15) is 0 Å². The van der Waals surface area contributed by atoms with Crippen molar-refractivity contribution in [2.45, 2.75) is 30.6 Å². The standard InChI is InChI=1S/C25H21ClN4/c1-16-27-14-12-19(29-16)23-21(17-8-4-2-5-9-17)24(20-13-15-28-25(26)30-20)22(23)18-10-6-3-7-11-18/h2-15,21-24H,1H3/t21-,22-,23-,24-/m1/s1. The first kappa shape index (κ1) is 18.9. The highest BCUT2D eigenvalue weighted by Crippen LogP contribution is 2.65. The number of benzene rings is 2. The van der Waals surface area contributed by atoms with Crippen molar-refractivity contribution < 1.29 is 0 Å². The summed E-state index contributed by atoms with van der Waals surface area (Å²) in [6.07, 6.45) is 3.60. The van der Waals surface area contributed by atoms with Gasteiger partial charge in [0.15, 0.2) is 0 Å². The zero-order chi connectivity index (χ0) is 20.5. The van der Waals surface area contributed by atoms with Gasteiger partial charge in [-0.05, 0) is 41.8 Å². The Hall–Kier alpha value is -3.11. The zero-order valence-electron chi connectivity index (χ0n) is 16.6. The molecule has 0 saturated heterocycles. The Bertz CT molecular complexity index is 1050. The summed E-state index contributed by atoms with van der Waals surface area (Å²) in [6, 6.07) is 25.3. The van der Waals surface area contributed by atoms with Crippen molar-refractivity contribution in [2.24, 2.45) is 0 Å². The van der Waals surface area contributed by atoms with Crippen molar-refractivity contribution in [3.8, 4) is 0 Å². The van der Waals surface area contributed by atoms with Crippen molar-refractivity contribution in [2.75, 3.05) is 0 Å². The highest BCUT2D eigenvalue weighted by atomic mass is 35.5. The monoisotopic (exact) mass is 412 g/mol. The van der Waals surface area contributed by atoms with Crippen LogP contribution >= 0.6 is 11.6 Å². The van der Waals surface area contributed by atoms with Crippen LogP contribution in [-0.4, -0.2) is 19.9 Å². The van der Waals surface area contributed by atoms with Gasteiger partial charge in [0.25, 0.3) is 0 Å². The smallest absolute Gasteiger partial charge is 0.222 e. The molecule has 1 aliphatic carbocycles. The molecule has 0 unspecified atom stereocenters. The largest absolute Gasteiger partial charge is 0.242 e. The van der Waals surface area contributed by atoms with E-state index < -0.39 is 0 Å². The summed E-state index contributed by atoms with van der Waals surface area (Å²) in [5.74, 6) is 1.65. The molecule has 0 N–H and O–H groups in total. The maximum atomic E-state index is 6.19. The molecule has 0 radical (unpaired) electrons. The molecule has 4 nitrogen and oxygen atoms in total. The molecule has 1 aliphatic rings. The van der Waals surface area contributed by atoms with Crippen LogP contribution in [0.4, 0.5) is 0 Å². The maximum Gasteiger partial charge on any atom is 0.222 e. The molecule has 5 heteroatoms. The van der Waals surface area contributed by atoms with Crippen LogP contribution in [0.2, 0.25) is 5.28 Å². The molecule has 2 aromatic heterocycles. The van der Waals surface area contributed by atoms with Crippen LogP contribution in [0.5, 0.6) is 0 Å². The van der Waals surface area contributed by atoms with Gasteiger partial charge in [-0.1, -0.05) is 60.7 Å². The minimum absolute atomic E-state index is 0.176. The summed E-state index contributed by atoms with van der Waals surface area (Å²) in [5, 5.41) is 0.285. The molecule has 5 rings (SSSR count). The molecule has 0 amide bonds. The summed E-state index contributed by atoms with van der Waals surface area (Å²) in [4.78, 5) is 17.9. The van der Waals surface area contributed by atoms with Crippen molar-refractivity contribution in [3.63, 3.8) is 0 Å². The second-order valence-corrected chi connectivity index (χ2v) is 8.04. The van der Waals surface area contributed by atoms with Crippen molar-refractivity contribution >= 4 is 11.6 Å². The quantitative estimate of drug-likeness (QED) is 0.405. The van der Waals surface area contributed by atoms with Crippen molar-refractivity contribution in [3.05, 3.63) is 119 Å². The van der Waals surface area contributed by atoms with Crippen LogP contribution in [0.1, 0.15) is 52.0 Å². The number of hydrogen-bond acceptors (Lipinski definition) is 4. The molecule has 2 aromatic carbocycles. The minimum Gasteiger partial charge on any atom is -0.242 e. The van der Waals surface area contributed by atoms with Gasteiger partial charge in [-0.15, -0.1) is 0 Å². The summed E-state index contributed by atoms with van der Waals surface area (Å²) in [7, 11) is 0. The van der Waals surface area contributed by atoms with Crippen molar-refractivity contribution in [1.82, 2.24) is 19.9 Å². The third-order valence-corrected chi connectivity index (χ3v) is 6.23. The SMILES string of the molecule is Cc1nccc([C@H]2[C@@H](c3ccccc3)[C@H](c3ccnc(Cl)n3)[C@@H]2c2ccccc2)n1. The lowest BCUT2D eigenvalue weighted by Crippen LogP contribution is -2.41. The van der Waals surface area contributed by atoms with E-state index in [1.165, 1.54) is 11.1 Å². The van der Waals surface area contributed by atoms with Crippen LogP contribution < -0.4 is 0 Å². The second-order valence-electron chi connectivity index (χ2n) is 7.70. The van der Waals surface area contributed by atoms with Gasteiger partial charge in [0.05, 0.1) is 0 Å². The molecular formula is C25H21ClN4. The Kier molecular flexibility index (Phi) is 5.01. The molecule has 1 fully saturated rings. The van der Waals surface area contributed by atoms with Crippen LogP contribution in [0.15, 0.2) is 85.2 Å². The fourth-order valence-electron chi connectivity index (χ4n) is 4.86. The highest BCUT2D eigenvalue weighted by molar-refractivity contribution is 6.28. The van der Waals surface area contributed by atoms with Crippen LogP contribution in [-0.2, 0) is 0 Å². The van der Waals surface area contributed by atoms with E-state index in [1.807, 2.05) is 25.3 Å². The Labute approximate surface area is 181 Å². The average Bonchev–Trinajstić information content (AvgIpc) is 2.75. The fourth-order valence-corrected chi connectivity index (χ4v) is 5.01. The first-order chi connectivity index (χ1) is 14.7. The molecule has 0 aliphatic heterocycles.